The lowest BCUT2D eigenvalue weighted by Crippen LogP contribution is -2.62. The summed E-state index contributed by atoms with van der Waals surface area (Å²) in [6, 6.07) is -8.12. The normalized spacial score (nSPS) is 19.5. The minimum atomic E-state index is -2.10. The van der Waals surface area contributed by atoms with E-state index in [0.717, 1.165) is 51.2 Å². The Morgan fingerprint density at radius 2 is 1.27 bits per heavy atom. The summed E-state index contributed by atoms with van der Waals surface area (Å²) in [7, 11) is 0. The van der Waals surface area contributed by atoms with Crippen molar-refractivity contribution in [2.45, 2.75) is 217 Å². The molecule has 1 aromatic rings. The van der Waals surface area contributed by atoms with E-state index in [9.17, 15) is 88.2 Å². The quantitative estimate of drug-likeness (QED) is 0.0184. The van der Waals surface area contributed by atoms with Crippen LogP contribution >= 0.6 is 0 Å². The topological polar surface area (TPSA) is 494 Å². The smallest absolute Gasteiger partial charge is 0.307 e. The van der Waals surface area contributed by atoms with Crippen LogP contribution in [0, 0.1) is 5.92 Å². The van der Waals surface area contributed by atoms with E-state index in [-0.39, 0.29) is 30.7 Å². The van der Waals surface area contributed by atoms with Gasteiger partial charge in [0, 0.05) is 25.6 Å². The zero-order chi connectivity index (χ0) is 68.9. The number of nitrogens with one attached hydrogen (secondary N) is 11. The van der Waals surface area contributed by atoms with Gasteiger partial charge in [0.25, 0.3) is 11.8 Å². The van der Waals surface area contributed by atoms with Crippen molar-refractivity contribution < 1.29 is 92.9 Å². The molecule has 11 amide bonds. The number of benzene rings is 1. The first kappa shape index (κ1) is 80.3. The number of aliphatic hydroxyl groups excluding tert-OH is 5. The Kier molecular flexibility index (Phi) is 38.2. The monoisotopic (exact) mass is 1300 g/mol. The number of esters is 1. The van der Waals surface area contributed by atoms with Crippen molar-refractivity contribution in [3.63, 3.8) is 0 Å². The maximum Gasteiger partial charge on any atom is 0.307 e. The maximum absolute atomic E-state index is 14.1. The predicted octanol–water partition coefficient (Wildman–Crippen LogP) is -2.87. The first-order valence-corrected chi connectivity index (χ1v) is 31.6. The third-order valence-corrected chi connectivity index (χ3v) is 15.3. The molecule has 1 aliphatic rings. The van der Waals surface area contributed by atoms with Crippen LogP contribution in [0.1, 0.15) is 162 Å². The van der Waals surface area contributed by atoms with Crippen molar-refractivity contribution in [2.75, 3.05) is 39.5 Å². The predicted molar refractivity (Wildman–Crippen MR) is 333 cm³/mol. The second-order valence-corrected chi connectivity index (χ2v) is 22.9. The van der Waals surface area contributed by atoms with Crippen molar-refractivity contribution in [1.82, 2.24) is 58.5 Å². The van der Waals surface area contributed by atoms with Crippen LogP contribution < -0.4 is 64.2 Å². The molecule has 1 aliphatic heterocycles. The molecule has 2 rings (SSSR count). The fourth-order valence-corrected chi connectivity index (χ4v) is 9.39. The van der Waals surface area contributed by atoms with Gasteiger partial charge in [-0.3, -0.25) is 57.5 Å². The van der Waals surface area contributed by atoms with Gasteiger partial charge < -0.3 is 99.6 Å². The summed E-state index contributed by atoms with van der Waals surface area (Å²) in [5, 5.41) is 88.5. The Labute approximate surface area is 536 Å². The van der Waals surface area contributed by atoms with E-state index in [4.69, 9.17) is 10.5 Å². The van der Waals surface area contributed by atoms with Gasteiger partial charge >= 0.3 is 5.97 Å². The molecule has 0 saturated carbocycles. The van der Waals surface area contributed by atoms with Crippen LogP contribution in [0.4, 0.5) is 0 Å². The molecule has 12 atom stereocenters. The number of amides is 11. The number of carbonyl (C=O) groups excluding carboxylic acids is 12. The number of phenolic OH excluding ortho intramolecular Hbond substituents is 1. The molecule has 31 nitrogen and oxygen atoms in total. The molecule has 0 spiro atoms. The number of aliphatic hydroxyl groups is 5. The first-order chi connectivity index (χ1) is 43.7. The molecule has 0 aromatic heterocycles. The lowest BCUT2D eigenvalue weighted by Gasteiger charge is -2.29. The zero-order valence-electron chi connectivity index (χ0n) is 53.5. The zero-order valence-corrected chi connectivity index (χ0v) is 53.5. The van der Waals surface area contributed by atoms with Gasteiger partial charge in [-0.2, -0.15) is 0 Å². The number of cyclic esters (lactones) is 1. The molecule has 92 heavy (non-hydrogen) atoms. The fourth-order valence-electron chi connectivity index (χ4n) is 9.39. The lowest BCUT2D eigenvalue weighted by molar-refractivity contribution is -0.144. The summed E-state index contributed by atoms with van der Waals surface area (Å²) in [6.07, 6.45) is 8.10. The van der Waals surface area contributed by atoms with Crippen LogP contribution in [0.3, 0.4) is 0 Å². The lowest BCUT2D eigenvalue weighted by atomic mass is 9.97. The molecular weight excluding hydrogens is 1200 g/mol. The second kappa shape index (κ2) is 43.8. The third kappa shape index (κ3) is 30.1. The van der Waals surface area contributed by atoms with Gasteiger partial charge in [0.2, 0.25) is 53.2 Å². The van der Waals surface area contributed by atoms with E-state index in [2.05, 4.69) is 72.0 Å². The van der Waals surface area contributed by atoms with Crippen molar-refractivity contribution in [3.8, 4) is 5.75 Å². The van der Waals surface area contributed by atoms with Gasteiger partial charge in [-0.25, -0.2) is 0 Å². The molecule has 0 bridgehead atoms. The average molecular weight is 1310 g/mol. The van der Waals surface area contributed by atoms with Gasteiger partial charge in [-0.15, -0.1) is 0 Å². The number of unbranched alkanes of at least 4 members (excludes halogenated alkanes) is 12. The van der Waals surface area contributed by atoms with Crippen LogP contribution in [0.5, 0.6) is 5.75 Å². The largest absolute Gasteiger partial charge is 0.508 e. The van der Waals surface area contributed by atoms with E-state index >= 15 is 0 Å². The van der Waals surface area contributed by atoms with Crippen LogP contribution in [0.2, 0.25) is 0 Å². The molecule has 1 heterocycles. The first-order valence-electron chi connectivity index (χ1n) is 31.6. The molecule has 0 unspecified atom stereocenters. The third-order valence-electron chi connectivity index (χ3n) is 15.3. The fraction of sp³-hybridized carbons (Fsp3) is 0.672. The van der Waals surface area contributed by atoms with E-state index in [1.165, 1.54) is 64.0 Å². The molecule has 518 valence electrons. The SMILES string of the molecule is C=C1NC(=O)[C@H]([C@H](C)CC)NC(=O)[C@H](NC(=O)CNC(=O)[C@H](CCO)NC(=O)[C@H](CO)NC(=O)[C@@H](NC(=O)[C@@H](NC(=O)[C@@H](O)[C@@H](N)CCCCCCCCCCCCCCC)[C@@H](C)O)[C@@H](O)c2ccc(O)cc2)CCOC(=O)CCNC(=O)[C@H](C)NC(=O)CNC1=O. The van der Waals surface area contributed by atoms with E-state index in [1.807, 2.05) is 0 Å². The van der Waals surface area contributed by atoms with Gasteiger partial charge in [0.05, 0.1) is 44.5 Å². The summed E-state index contributed by atoms with van der Waals surface area (Å²) in [5.41, 5.74) is 5.58. The van der Waals surface area contributed by atoms with Crippen molar-refractivity contribution in [1.29, 1.82) is 0 Å². The Morgan fingerprint density at radius 1 is 0.696 bits per heavy atom. The number of carbonyl (C=O) groups is 12. The van der Waals surface area contributed by atoms with Crippen LogP contribution in [0.15, 0.2) is 36.5 Å². The summed E-state index contributed by atoms with van der Waals surface area (Å²) < 4.78 is 5.23. The van der Waals surface area contributed by atoms with Gasteiger partial charge in [0.1, 0.15) is 60.3 Å². The van der Waals surface area contributed by atoms with Crippen molar-refractivity contribution in [3.05, 3.63) is 42.1 Å². The Hall–Kier alpha value is -7.84. The molecule has 1 fully saturated rings. The number of phenols is 1. The average Bonchev–Trinajstić information content (AvgIpc) is 1.18. The molecule has 19 N–H and O–H groups in total. The summed E-state index contributed by atoms with van der Waals surface area (Å²) in [6.45, 7) is 7.21. The molecule has 0 aliphatic carbocycles. The minimum absolute atomic E-state index is 0.0831. The highest BCUT2D eigenvalue weighted by molar-refractivity contribution is 6.01. The summed E-state index contributed by atoms with van der Waals surface area (Å²) in [4.78, 5) is 160. The highest BCUT2D eigenvalue weighted by Crippen LogP contribution is 2.21. The Morgan fingerprint density at radius 3 is 1.85 bits per heavy atom. The number of hydrogen-bond donors (Lipinski definition) is 18. The summed E-state index contributed by atoms with van der Waals surface area (Å²) in [5.74, 6) is -13.3. The van der Waals surface area contributed by atoms with Gasteiger partial charge in [0.15, 0.2) is 0 Å². The molecule has 31 heteroatoms. The molecular formula is C61H100N12O19. The second-order valence-electron chi connectivity index (χ2n) is 22.9. The van der Waals surface area contributed by atoms with Gasteiger partial charge in [-0.1, -0.05) is 129 Å². The number of nitrogens with two attached hydrogens (primary N) is 1. The van der Waals surface area contributed by atoms with Gasteiger partial charge in [-0.05, 0) is 50.3 Å². The molecule has 1 saturated heterocycles. The molecule has 1 aromatic carbocycles. The van der Waals surface area contributed by atoms with Crippen LogP contribution in [0.25, 0.3) is 0 Å². The maximum atomic E-state index is 14.1. The summed E-state index contributed by atoms with van der Waals surface area (Å²) >= 11 is 0. The number of rotatable bonds is 35. The number of aromatic hydroxyl groups is 1. The standard InChI is InChI=1S/C61H100N12O19/c1-7-9-10-11-12-13-14-15-16-17-18-19-20-21-41(62)52(82)61(91)72-49(38(6)76)59(89)73-50(51(81)39-22-24-40(77)25-23-39)60(90)70-44(34-75)57(87)69-42(27-30-74)55(85)65-33-46(79)68-43-28-31-92-47(80)26-29-63-53(83)36(4)66-45(78)32-64-54(84)37(5)67-58(88)48(35(3)8-2)71-56(43)86/h22-25,35-36,38,41-44,48-52,74-77,81-82H,5,7-21,26-34,62H2,1-4,6H3,(H,63,83)(H,64,84)(H,65,85)(H,66,78)(H,67,88)(H,68,79)(H,69,87)(H,70,90)(H,71,86)(H,72,91)(H,73,89)/t35-,36+,38-,41+,42+,43-,44+,48+,49+,50+,51+,52+/m1/s1. The molecule has 0 radical (unpaired) electrons. The van der Waals surface area contributed by atoms with Crippen molar-refractivity contribution in [2.24, 2.45) is 11.7 Å². The van der Waals surface area contributed by atoms with Crippen LogP contribution in [-0.4, -0.2) is 202 Å². The minimum Gasteiger partial charge on any atom is -0.508 e. The number of hydrogen-bond acceptors (Lipinski definition) is 20. The van der Waals surface area contributed by atoms with Crippen LogP contribution in [-0.2, 0) is 62.3 Å². The highest BCUT2D eigenvalue weighted by Gasteiger charge is 2.38. The Balaban J connectivity index is 2.23. The number of ether oxygens (including phenoxy) is 1. The van der Waals surface area contributed by atoms with E-state index in [0.29, 0.717) is 12.8 Å². The van der Waals surface area contributed by atoms with E-state index in [1.54, 1.807) is 13.8 Å². The Bertz CT molecular complexity index is 2580. The van der Waals surface area contributed by atoms with E-state index < -0.39 is 195 Å². The highest BCUT2D eigenvalue weighted by atomic mass is 16.5. The van der Waals surface area contributed by atoms with Crippen molar-refractivity contribution >= 4 is 70.9 Å².